The minimum Gasteiger partial charge on any atom is -0.458 e. The molecule has 0 fully saturated rings. The van der Waals surface area contributed by atoms with Gasteiger partial charge in [0, 0.05) is 25.1 Å². The predicted molar refractivity (Wildman–Crippen MR) is 44.1 cm³/mol. The van der Waals surface area contributed by atoms with Crippen molar-refractivity contribution in [1.82, 2.24) is 4.90 Å². The molecule has 1 aromatic heterocycles. The smallest absolute Gasteiger partial charge is 0.185 e. The van der Waals surface area contributed by atoms with Crippen molar-refractivity contribution in [2.45, 2.75) is 13.0 Å². The summed E-state index contributed by atoms with van der Waals surface area (Å²) in [5, 5.41) is 0. The minimum absolute atomic E-state index is 0.454. The van der Waals surface area contributed by atoms with Crippen molar-refractivity contribution < 1.29 is 9.21 Å². The van der Waals surface area contributed by atoms with Crippen LogP contribution < -0.4 is 0 Å². The van der Waals surface area contributed by atoms with Gasteiger partial charge in [0.25, 0.3) is 0 Å². The molecule has 3 heteroatoms. The number of aldehydes is 1. The Morgan fingerprint density at radius 2 is 2.50 bits per heavy atom. The Labute approximate surface area is 71.0 Å². The van der Waals surface area contributed by atoms with Gasteiger partial charge in [-0.3, -0.25) is 4.79 Å². The third kappa shape index (κ3) is 1.16. The predicted octanol–water partition coefficient (Wildman–Crippen LogP) is 1.08. The molecule has 0 aromatic carbocycles. The second-order valence-corrected chi connectivity index (χ2v) is 3.20. The van der Waals surface area contributed by atoms with Crippen molar-refractivity contribution in [3.05, 3.63) is 23.2 Å². The molecule has 0 bridgehead atoms. The molecular weight excluding hydrogens is 154 g/mol. The van der Waals surface area contributed by atoms with Gasteiger partial charge in [0.1, 0.15) is 5.76 Å². The van der Waals surface area contributed by atoms with Crippen LogP contribution in [0, 0.1) is 0 Å². The van der Waals surface area contributed by atoms with Crippen molar-refractivity contribution in [2.75, 3.05) is 13.6 Å². The largest absolute Gasteiger partial charge is 0.458 e. The number of furan rings is 1. The fourth-order valence-corrected chi connectivity index (χ4v) is 1.56. The number of hydrogen-bond donors (Lipinski definition) is 0. The number of fused-ring (bicyclic) bond motifs is 1. The van der Waals surface area contributed by atoms with Crippen LogP contribution in [-0.4, -0.2) is 24.8 Å². The molecule has 0 saturated heterocycles. The Morgan fingerprint density at radius 1 is 1.67 bits per heavy atom. The summed E-state index contributed by atoms with van der Waals surface area (Å²) in [5.74, 6) is 1.44. The minimum atomic E-state index is 0.454. The molecule has 64 valence electrons. The van der Waals surface area contributed by atoms with Gasteiger partial charge in [-0.05, 0) is 13.1 Å². The molecule has 12 heavy (non-hydrogen) atoms. The molecule has 2 rings (SSSR count). The SMILES string of the molecule is CN1CCc2oc(C=O)cc2C1. The summed E-state index contributed by atoms with van der Waals surface area (Å²) in [5.41, 5.74) is 1.16. The summed E-state index contributed by atoms with van der Waals surface area (Å²) in [6, 6.07) is 1.83. The second kappa shape index (κ2) is 2.75. The van der Waals surface area contributed by atoms with Crippen LogP contribution in [0.25, 0.3) is 0 Å². The van der Waals surface area contributed by atoms with Crippen LogP contribution >= 0.6 is 0 Å². The Kier molecular flexibility index (Phi) is 1.73. The fourth-order valence-electron chi connectivity index (χ4n) is 1.56. The number of hydrogen-bond acceptors (Lipinski definition) is 3. The maximum atomic E-state index is 10.4. The lowest BCUT2D eigenvalue weighted by Crippen LogP contribution is -2.25. The molecule has 2 heterocycles. The number of likely N-dealkylation sites (N-methyl/N-ethyl adjacent to an activating group) is 1. The molecule has 1 aliphatic rings. The molecule has 1 aliphatic heterocycles. The molecule has 0 atom stereocenters. The fraction of sp³-hybridized carbons (Fsp3) is 0.444. The first-order valence-corrected chi connectivity index (χ1v) is 4.05. The summed E-state index contributed by atoms with van der Waals surface area (Å²) < 4.78 is 5.31. The van der Waals surface area contributed by atoms with E-state index in [0.29, 0.717) is 5.76 Å². The standard InChI is InChI=1S/C9H11NO2/c1-10-3-2-9-7(5-10)4-8(6-11)12-9/h4,6H,2-3,5H2,1H3. The highest BCUT2D eigenvalue weighted by Gasteiger charge is 2.17. The summed E-state index contributed by atoms with van der Waals surface area (Å²) >= 11 is 0. The lowest BCUT2D eigenvalue weighted by atomic mass is 10.1. The first-order chi connectivity index (χ1) is 5.79. The summed E-state index contributed by atoms with van der Waals surface area (Å²) in [4.78, 5) is 12.6. The Hall–Kier alpha value is -1.09. The summed E-state index contributed by atoms with van der Waals surface area (Å²) in [7, 11) is 2.07. The number of nitrogens with zero attached hydrogens (tertiary/aromatic N) is 1. The van der Waals surface area contributed by atoms with Gasteiger partial charge in [-0.15, -0.1) is 0 Å². The van der Waals surface area contributed by atoms with Crippen LogP contribution in [0.2, 0.25) is 0 Å². The van der Waals surface area contributed by atoms with Crippen LogP contribution in [0.5, 0.6) is 0 Å². The Bertz CT molecular complexity index is 303. The van der Waals surface area contributed by atoms with Crippen molar-refractivity contribution in [3.8, 4) is 0 Å². The quantitative estimate of drug-likeness (QED) is 0.584. The van der Waals surface area contributed by atoms with Crippen molar-refractivity contribution >= 4 is 6.29 Å². The van der Waals surface area contributed by atoms with Gasteiger partial charge >= 0.3 is 0 Å². The maximum Gasteiger partial charge on any atom is 0.185 e. The van der Waals surface area contributed by atoms with E-state index in [4.69, 9.17) is 4.42 Å². The van der Waals surface area contributed by atoms with Gasteiger partial charge in [-0.2, -0.15) is 0 Å². The zero-order chi connectivity index (χ0) is 8.55. The molecule has 0 amide bonds. The van der Waals surface area contributed by atoms with Gasteiger partial charge in [-0.1, -0.05) is 0 Å². The molecule has 3 nitrogen and oxygen atoms in total. The normalized spacial score (nSPS) is 17.4. The molecular formula is C9H11NO2. The van der Waals surface area contributed by atoms with E-state index < -0.39 is 0 Å². The highest BCUT2D eigenvalue weighted by Crippen LogP contribution is 2.20. The first kappa shape index (κ1) is 7.55. The first-order valence-electron chi connectivity index (χ1n) is 4.05. The van der Waals surface area contributed by atoms with E-state index in [1.54, 1.807) is 0 Å². The average Bonchev–Trinajstić information content (AvgIpc) is 2.46. The number of rotatable bonds is 1. The van der Waals surface area contributed by atoms with Crippen molar-refractivity contribution in [2.24, 2.45) is 0 Å². The molecule has 0 unspecified atom stereocenters. The van der Waals surface area contributed by atoms with E-state index in [9.17, 15) is 4.79 Å². The van der Waals surface area contributed by atoms with Gasteiger partial charge in [0.2, 0.25) is 0 Å². The van der Waals surface area contributed by atoms with Crippen molar-refractivity contribution in [1.29, 1.82) is 0 Å². The maximum absolute atomic E-state index is 10.4. The van der Waals surface area contributed by atoms with Crippen LogP contribution in [0.4, 0.5) is 0 Å². The van der Waals surface area contributed by atoms with E-state index >= 15 is 0 Å². The van der Waals surface area contributed by atoms with Crippen molar-refractivity contribution in [3.63, 3.8) is 0 Å². The van der Waals surface area contributed by atoms with E-state index in [-0.39, 0.29) is 0 Å². The topological polar surface area (TPSA) is 33.5 Å². The van der Waals surface area contributed by atoms with E-state index in [2.05, 4.69) is 11.9 Å². The zero-order valence-corrected chi connectivity index (χ0v) is 7.04. The second-order valence-electron chi connectivity index (χ2n) is 3.20. The molecule has 1 aromatic rings. The number of carbonyl (C=O) groups excluding carboxylic acids is 1. The third-order valence-electron chi connectivity index (χ3n) is 2.19. The highest BCUT2D eigenvalue weighted by molar-refractivity contribution is 5.71. The zero-order valence-electron chi connectivity index (χ0n) is 7.04. The molecule has 0 aliphatic carbocycles. The van der Waals surface area contributed by atoms with Gasteiger partial charge in [0.15, 0.2) is 12.0 Å². The summed E-state index contributed by atoms with van der Waals surface area (Å²) in [6.07, 6.45) is 1.68. The van der Waals surface area contributed by atoms with Gasteiger partial charge < -0.3 is 9.32 Å². The van der Waals surface area contributed by atoms with E-state index in [1.807, 2.05) is 6.07 Å². The highest BCUT2D eigenvalue weighted by atomic mass is 16.3. The Balaban J connectivity index is 2.34. The average molecular weight is 165 g/mol. The van der Waals surface area contributed by atoms with E-state index in [1.165, 1.54) is 0 Å². The molecule has 0 spiro atoms. The van der Waals surface area contributed by atoms with E-state index in [0.717, 1.165) is 37.1 Å². The van der Waals surface area contributed by atoms with Crippen LogP contribution in [0.3, 0.4) is 0 Å². The van der Waals surface area contributed by atoms with Crippen LogP contribution in [0.15, 0.2) is 10.5 Å². The van der Waals surface area contributed by atoms with Crippen LogP contribution in [-0.2, 0) is 13.0 Å². The lowest BCUT2D eigenvalue weighted by molar-refractivity contribution is 0.109. The van der Waals surface area contributed by atoms with Crippen LogP contribution in [0.1, 0.15) is 21.9 Å². The molecule has 0 saturated carbocycles. The van der Waals surface area contributed by atoms with Gasteiger partial charge in [0.05, 0.1) is 0 Å². The number of carbonyl (C=O) groups is 1. The molecule has 0 radical (unpaired) electrons. The lowest BCUT2D eigenvalue weighted by Gasteiger charge is -2.20. The summed E-state index contributed by atoms with van der Waals surface area (Å²) in [6.45, 7) is 1.91. The van der Waals surface area contributed by atoms with Gasteiger partial charge in [-0.25, -0.2) is 0 Å². The monoisotopic (exact) mass is 165 g/mol. The Morgan fingerprint density at radius 3 is 3.25 bits per heavy atom. The molecule has 0 N–H and O–H groups in total. The third-order valence-corrected chi connectivity index (χ3v) is 2.19.